The maximum Gasteiger partial charge on any atom is 0.417 e. The Bertz CT molecular complexity index is 507. The molecule has 0 saturated carbocycles. The van der Waals surface area contributed by atoms with Gasteiger partial charge in [-0.15, -0.1) is 0 Å². The Balaban J connectivity index is 2.83. The first-order valence-electron chi connectivity index (χ1n) is 4.10. The molecular weight excluding hydrogens is 271 g/mol. The zero-order valence-electron chi connectivity index (χ0n) is 7.35. The maximum absolute atomic E-state index is 12.6. The highest BCUT2D eigenvalue weighted by molar-refractivity contribution is 9.10. The summed E-state index contributed by atoms with van der Waals surface area (Å²) in [5.41, 5.74) is -0.636. The van der Waals surface area contributed by atoms with E-state index in [4.69, 9.17) is 0 Å². The van der Waals surface area contributed by atoms with Gasteiger partial charge >= 0.3 is 6.18 Å². The van der Waals surface area contributed by atoms with Crippen molar-refractivity contribution in [1.29, 1.82) is 0 Å². The smallest absolute Gasteiger partial charge is 0.249 e. The molecule has 2 aromatic rings. The Kier molecular flexibility index (Phi) is 2.42. The molecule has 2 rings (SSSR count). The Labute approximate surface area is 92.1 Å². The van der Waals surface area contributed by atoms with Crippen LogP contribution in [0.5, 0.6) is 0 Å². The van der Waals surface area contributed by atoms with E-state index in [9.17, 15) is 13.2 Å². The lowest BCUT2D eigenvalue weighted by Gasteiger charge is -2.10. The van der Waals surface area contributed by atoms with E-state index < -0.39 is 11.7 Å². The summed E-state index contributed by atoms with van der Waals surface area (Å²) in [5, 5.41) is 0.624. The van der Waals surface area contributed by atoms with Crippen molar-refractivity contribution >= 4 is 26.7 Å². The molecule has 1 heterocycles. The molecule has 1 aromatic carbocycles. The number of halogens is 4. The highest BCUT2D eigenvalue weighted by atomic mass is 79.9. The molecule has 1 aromatic heterocycles. The van der Waals surface area contributed by atoms with Crippen LogP contribution in [0.1, 0.15) is 5.56 Å². The van der Waals surface area contributed by atoms with Crippen molar-refractivity contribution in [2.24, 2.45) is 0 Å². The average molecular weight is 276 g/mol. The van der Waals surface area contributed by atoms with E-state index in [2.05, 4.69) is 20.9 Å². The fourth-order valence-corrected chi connectivity index (χ4v) is 1.88. The monoisotopic (exact) mass is 275 g/mol. The topological polar surface area (TPSA) is 12.9 Å². The normalized spacial score (nSPS) is 12.0. The van der Waals surface area contributed by atoms with E-state index in [1.165, 1.54) is 18.3 Å². The van der Waals surface area contributed by atoms with Crippen molar-refractivity contribution in [3.8, 4) is 0 Å². The minimum atomic E-state index is -4.33. The van der Waals surface area contributed by atoms with Gasteiger partial charge in [-0.05, 0) is 33.4 Å². The van der Waals surface area contributed by atoms with E-state index >= 15 is 0 Å². The molecule has 0 aliphatic heterocycles. The number of benzene rings is 1. The molecule has 0 amide bonds. The van der Waals surface area contributed by atoms with E-state index in [0.717, 1.165) is 6.07 Å². The van der Waals surface area contributed by atoms with Gasteiger partial charge in [-0.1, -0.05) is 12.1 Å². The van der Waals surface area contributed by atoms with Crippen LogP contribution in [0, 0.1) is 0 Å². The van der Waals surface area contributed by atoms with Gasteiger partial charge in [-0.25, -0.2) is 4.98 Å². The number of aromatic nitrogens is 1. The van der Waals surface area contributed by atoms with Crippen LogP contribution in [-0.4, -0.2) is 4.98 Å². The summed E-state index contributed by atoms with van der Waals surface area (Å²) in [7, 11) is 0. The summed E-state index contributed by atoms with van der Waals surface area (Å²) in [5.74, 6) is 0. The molecule has 0 aliphatic rings. The molecule has 0 atom stereocenters. The van der Waals surface area contributed by atoms with Crippen LogP contribution >= 0.6 is 15.9 Å². The number of nitrogens with zero attached hydrogens (tertiary/aromatic N) is 1. The van der Waals surface area contributed by atoms with Crippen molar-refractivity contribution in [3.63, 3.8) is 0 Å². The third kappa shape index (κ3) is 1.84. The zero-order chi connectivity index (χ0) is 11.1. The van der Waals surface area contributed by atoms with Gasteiger partial charge in [0, 0.05) is 11.6 Å². The van der Waals surface area contributed by atoms with E-state index in [-0.39, 0.29) is 5.39 Å². The largest absolute Gasteiger partial charge is 0.417 e. The molecule has 15 heavy (non-hydrogen) atoms. The summed E-state index contributed by atoms with van der Waals surface area (Å²) in [4.78, 5) is 3.88. The summed E-state index contributed by atoms with van der Waals surface area (Å²) in [6.07, 6.45) is -2.98. The Morgan fingerprint density at radius 1 is 1.07 bits per heavy atom. The number of hydrogen-bond acceptors (Lipinski definition) is 1. The summed E-state index contributed by atoms with van der Waals surface area (Å²) in [6.45, 7) is 0. The Morgan fingerprint density at radius 3 is 2.47 bits per heavy atom. The first-order valence-corrected chi connectivity index (χ1v) is 4.90. The molecule has 1 nitrogen and oxygen atoms in total. The number of pyridine rings is 1. The van der Waals surface area contributed by atoms with Crippen molar-refractivity contribution in [2.45, 2.75) is 6.18 Å². The highest BCUT2D eigenvalue weighted by Crippen LogP contribution is 2.35. The Morgan fingerprint density at radius 2 is 1.80 bits per heavy atom. The molecular formula is C10H5BrF3N. The van der Waals surface area contributed by atoms with E-state index in [1.54, 1.807) is 6.07 Å². The average Bonchev–Trinajstić information content (AvgIpc) is 2.16. The molecule has 0 spiro atoms. The van der Waals surface area contributed by atoms with Gasteiger partial charge in [0.1, 0.15) is 4.60 Å². The second-order valence-corrected chi connectivity index (χ2v) is 3.75. The SMILES string of the molecule is FC(F)(F)c1cccc2c(Br)nccc12. The van der Waals surface area contributed by atoms with Gasteiger partial charge in [0.2, 0.25) is 0 Å². The predicted octanol–water partition coefficient (Wildman–Crippen LogP) is 4.02. The van der Waals surface area contributed by atoms with Crippen LogP contribution in [0.4, 0.5) is 13.2 Å². The lowest BCUT2D eigenvalue weighted by molar-refractivity contribution is -0.136. The van der Waals surface area contributed by atoms with Gasteiger partial charge in [0.05, 0.1) is 5.56 Å². The second kappa shape index (κ2) is 3.48. The first-order chi connectivity index (χ1) is 7.00. The van der Waals surface area contributed by atoms with Crippen LogP contribution in [0.15, 0.2) is 35.1 Å². The van der Waals surface area contributed by atoms with Gasteiger partial charge < -0.3 is 0 Å². The van der Waals surface area contributed by atoms with Gasteiger partial charge in [0.15, 0.2) is 0 Å². The summed E-state index contributed by atoms with van der Waals surface area (Å²) in [6, 6.07) is 5.40. The van der Waals surface area contributed by atoms with Crippen LogP contribution in [0.25, 0.3) is 10.8 Å². The second-order valence-electron chi connectivity index (χ2n) is 3.00. The summed E-state index contributed by atoms with van der Waals surface area (Å²) >= 11 is 3.12. The van der Waals surface area contributed by atoms with Crippen LogP contribution < -0.4 is 0 Å². The minimum absolute atomic E-state index is 0.159. The van der Waals surface area contributed by atoms with E-state index in [0.29, 0.717) is 9.99 Å². The quantitative estimate of drug-likeness (QED) is 0.662. The molecule has 0 radical (unpaired) electrons. The van der Waals surface area contributed by atoms with Gasteiger partial charge in [0.25, 0.3) is 0 Å². The number of rotatable bonds is 0. The number of fused-ring (bicyclic) bond motifs is 1. The highest BCUT2D eigenvalue weighted by Gasteiger charge is 2.32. The van der Waals surface area contributed by atoms with Crippen LogP contribution in [-0.2, 0) is 6.18 Å². The molecule has 5 heteroatoms. The first kappa shape index (κ1) is 10.4. The maximum atomic E-state index is 12.6. The molecule has 0 saturated heterocycles. The lowest BCUT2D eigenvalue weighted by atomic mass is 10.1. The fourth-order valence-electron chi connectivity index (χ4n) is 1.42. The Hall–Kier alpha value is -1.10. The third-order valence-electron chi connectivity index (χ3n) is 2.06. The molecule has 0 aliphatic carbocycles. The van der Waals surface area contributed by atoms with Gasteiger partial charge in [-0.3, -0.25) is 0 Å². The van der Waals surface area contributed by atoms with Crippen molar-refractivity contribution < 1.29 is 13.2 Å². The zero-order valence-corrected chi connectivity index (χ0v) is 8.93. The van der Waals surface area contributed by atoms with Crippen molar-refractivity contribution in [3.05, 3.63) is 40.6 Å². The van der Waals surface area contributed by atoms with Crippen molar-refractivity contribution in [1.82, 2.24) is 4.98 Å². The van der Waals surface area contributed by atoms with E-state index in [1.807, 2.05) is 0 Å². The molecule has 0 fully saturated rings. The van der Waals surface area contributed by atoms with Crippen molar-refractivity contribution in [2.75, 3.05) is 0 Å². The van der Waals surface area contributed by atoms with Crippen LogP contribution in [0.2, 0.25) is 0 Å². The lowest BCUT2D eigenvalue weighted by Crippen LogP contribution is -2.05. The van der Waals surface area contributed by atoms with Crippen LogP contribution in [0.3, 0.4) is 0 Å². The predicted molar refractivity (Wildman–Crippen MR) is 54.4 cm³/mol. The molecule has 78 valence electrons. The fraction of sp³-hybridized carbons (Fsp3) is 0.100. The number of alkyl halides is 3. The number of hydrogen-bond donors (Lipinski definition) is 0. The standard InChI is InChI=1S/C10H5BrF3N/c11-9-7-2-1-3-8(10(12,13)14)6(7)4-5-15-9/h1-5H. The third-order valence-corrected chi connectivity index (χ3v) is 2.69. The molecule has 0 N–H and O–H groups in total. The van der Waals surface area contributed by atoms with Gasteiger partial charge in [-0.2, -0.15) is 13.2 Å². The molecule has 0 unspecified atom stereocenters. The summed E-state index contributed by atoms with van der Waals surface area (Å²) < 4.78 is 38.3. The minimum Gasteiger partial charge on any atom is -0.249 e. The molecule has 0 bridgehead atoms.